The number of ether oxygens (including phenoxy) is 1. The number of urea groups is 1. The van der Waals surface area contributed by atoms with Crippen molar-refractivity contribution < 1.29 is 27.2 Å². The van der Waals surface area contributed by atoms with Crippen molar-refractivity contribution in [2.45, 2.75) is 38.5 Å². The summed E-state index contributed by atoms with van der Waals surface area (Å²) in [6.45, 7) is 5.01. The van der Waals surface area contributed by atoms with Gasteiger partial charge < -0.3 is 14.1 Å². The predicted octanol–water partition coefficient (Wildman–Crippen LogP) is 2.46. The van der Waals surface area contributed by atoms with Crippen molar-refractivity contribution in [2.75, 3.05) is 12.0 Å². The number of nitrogens with one attached hydrogen (secondary N) is 1. The molecule has 1 aromatic heterocycles. The van der Waals surface area contributed by atoms with E-state index in [1.165, 1.54) is 4.90 Å². The summed E-state index contributed by atoms with van der Waals surface area (Å²) in [5.74, 6) is 0.215. The molecule has 134 valence electrons. The highest BCUT2D eigenvalue weighted by atomic mass is 79.9. The zero-order valence-corrected chi connectivity index (χ0v) is 16.1. The number of hydrogen-bond acceptors (Lipinski definition) is 6. The lowest BCUT2D eigenvalue weighted by molar-refractivity contribution is 0.0542. The summed E-state index contributed by atoms with van der Waals surface area (Å²) in [5, 5.41) is 2.10. The minimum Gasteiger partial charge on any atom is -0.452 e. The first-order chi connectivity index (χ1) is 10.9. The normalized spacial score (nSPS) is 20.6. The molecule has 1 aliphatic rings. The molecule has 10 heteroatoms. The molecule has 0 saturated carbocycles. The van der Waals surface area contributed by atoms with Crippen molar-refractivity contribution in [2.24, 2.45) is 0 Å². The molecule has 0 spiro atoms. The Kier molecular flexibility index (Phi) is 5.01. The monoisotopic (exact) mass is 422 g/mol. The number of alkyl carbamates (subject to hydrolysis) is 1. The second-order valence-corrected chi connectivity index (χ2v) is 9.55. The highest BCUT2D eigenvalue weighted by Gasteiger charge is 2.55. The van der Waals surface area contributed by atoms with Crippen molar-refractivity contribution in [3.63, 3.8) is 0 Å². The molecular weight excluding hydrogens is 404 g/mol. The average Bonchev–Trinajstić information content (AvgIpc) is 2.86. The lowest BCUT2D eigenvalue weighted by Gasteiger charge is -2.19. The van der Waals surface area contributed by atoms with Gasteiger partial charge in [-0.15, -0.1) is 0 Å². The summed E-state index contributed by atoms with van der Waals surface area (Å²) in [7, 11) is -3.31. The smallest absolute Gasteiger partial charge is 0.415 e. The van der Waals surface area contributed by atoms with E-state index >= 15 is 0 Å². The number of carbonyl (C=O) groups is 2. The van der Waals surface area contributed by atoms with Crippen molar-refractivity contribution in [1.82, 2.24) is 10.2 Å². The number of carbonyl (C=O) groups excluding carboxylic acids is 2. The first-order valence-corrected chi connectivity index (χ1v) is 9.98. The zero-order valence-electron chi connectivity index (χ0n) is 13.7. The quantitative estimate of drug-likeness (QED) is 0.749. The minimum absolute atomic E-state index is 0.224. The van der Waals surface area contributed by atoms with E-state index in [0.29, 0.717) is 10.4 Å². The van der Waals surface area contributed by atoms with Crippen LogP contribution in [0.5, 0.6) is 0 Å². The summed E-state index contributed by atoms with van der Waals surface area (Å²) in [5.41, 5.74) is -0.749. The number of amides is 3. The molecule has 1 saturated heterocycles. The van der Waals surface area contributed by atoms with Crippen LogP contribution in [0.1, 0.15) is 32.6 Å². The van der Waals surface area contributed by atoms with Gasteiger partial charge in [0.15, 0.2) is 4.67 Å². The van der Waals surface area contributed by atoms with E-state index in [1.54, 1.807) is 32.9 Å². The first kappa shape index (κ1) is 18.8. The van der Waals surface area contributed by atoms with Crippen LogP contribution in [0.25, 0.3) is 0 Å². The van der Waals surface area contributed by atoms with Crippen LogP contribution in [-0.2, 0) is 14.6 Å². The molecule has 0 aliphatic carbocycles. The van der Waals surface area contributed by atoms with Gasteiger partial charge in [0.1, 0.15) is 27.2 Å². The number of furan rings is 1. The standard InChI is InChI=1S/C14H19BrN2O6S/c1-14(2,3)23-13(19)16-12(18)17-8(7-24(4,20)21)11(17)9-5-6-10(15)22-9/h5-6,8,11H,7H2,1-4H3,(H,16,18,19). The van der Waals surface area contributed by atoms with Crippen LogP contribution in [0.4, 0.5) is 9.59 Å². The molecule has 2 atom stereocenters. The summed E-state index contributed by atoms with van der Waals surface area (Å²) >= 11 is 3.16. The summed E-state index contributed by atoms with van der Waals surface area (Å²) in [4.78, 5) is 25.2. The molecule has 2 unspecified atom stereocenters. The Balaban J connectivity index is 2.10. The van der Waals surface area contributed by atoms with Crippen LogP contribution in [0.2, 0.25) is 0 Å². The molecule has 0 bridgehead atoms. The number of imide groups is 1. The van der Waals surface area contributed by atoms with E-state index in [2.05, 4.69) is 21.2 Å². The summed E-state index contributed by atoms with van der Waals surface area (Å²) in [6.07, 6.45) is 0.196. The Bertz CT molecular complexity index is 752. The third-order valence-corrected chi connectivity index (χ3v) is 4.51. The lowest BCUT2D eigenvalue weighted by Crippen LogP contribution is -2.39. The number of sulfone groups is 1. The second-order valence-electron chi connectivity index (χ2n) is 6.59. The fourth-order valence-corrected chi connectivity index (χ4v) is 3.59. The molecule has 2 rings (SSSR count). The molecule has 3 amide bonds. The van der Waals surface area contributed by atoms with Crippen LogP contribution >= 0.6 is 15.9 Å². The molecule has 8 nitrogen and oxygen atoms in total. The molecular formula is C14H19BrN2O6S. The van der Waals surface area contributed by atoms with Gasteiger partial charge in [0.05, 0.1) is 11.8 Å². The predicted molar refractivity (Wildman–Crippen MR) is 89.3 cm³/mol. The van der Waals surface area contributed by atoms with Gasteiger partial charge >= 0.3 is 12.1 Å². The van der Waals surface area contributed by atoms with Gasteiger partial charge in [0, 0.05) is 6.26 Å². The van der Waals surface area contributed by atoms with Gasteiger partial charge in [-0.3, -0.25) is 0 Å². The van der Waals surface area contributed by atoms with E-state index < -0.39 is 39.6 Å². The number of hydrogen-bond donors (Lipinski definition) is 1. The third-order valence-electron chi connectivity index (χ3n) is 3.13. The van der Waals surface area contributed by atoms with E-state index in [0.717, 1.165) is 6.26 Å². The molecule has 1 fully saturated rings. The van der Waals surface area contributed by atoms with Crippen LogP contribution in [0.3, 0.4) is 0 Å². The Morgan fingerprint density at radius 2 is 2.00 bits per heavy atom. The summed E-state index contributed by atoms with van der Waals surface area (Å²) in [6, 6.07) is 1.42. The second kappa shape index (κ2) is 6.40. The molecule has 0 aromatic carbocycles. The Morgan fingerprint density at radius 1 is 1.38 bits per heavy atom. The number of nitrogens with zero attached hydrogens (tertiary/aromatic N) is 1. The molecule has 1 aliphatic heterocycles. The summed E-state index contributed by atoms with van der Waals surface area (Å²) < 4.78 is 34.0. The maximum absolute atomic E-state index is 12.3. The van der Waals surface area contributed by atoms with Crippen molar-refractivity contribution in [3.05, 3.63) is 22.6 Å². The highest BCUT2D eigenvalue weighted by Crippen LogP contribution is 2.44. The molecule has 0 radical (unpaired) electrons. The van der Waals surface area contributed by atoms with E-state index in [1.807, 2.05) is 0 Å². The Labute approximate surface area is 148 Å². The van der Waals surface area contributed by atoms with E-state index in [-0.39, 0.29) is 5.75 Å². The number of rotatable bonds is 3. The molecule has 2 heterocycles. The van der Waals surface area contributed by atoms with Gasteiger partial charge in [-0.25, -0.2) is 23.3 Å². The third kappa shape index (κ3) is 4.97. The Morgan fingerprint density at radius 3 is 2.46 bits per heavy atom. The van der Waals surface area contributed by atoms with Gasteiger partial charge in [-0.2, -0.15) is 0 Å². The Hall–Kier alpha value is -1.55. The fraction of sp³-hybridized carbons (Fsp3) is 0.571. The number of halogens is 1. The van der Waals surface area contributed by atoms with Crippen LogP contribution in [-0.4, -0.2) is 49.1 Å². The van der Waals surface area contributed by atoms with Crippen LogP contribution in [0, 0.1) is 0 Å². The first-order valence-electron chi connectivity index (χ1n) is 7.12. The molecule has 24 heavy (non-hydrogen) atoms. The van der Waals surface area contributed by atoms with Crippen LogP contribution in [0.15, 0.2) is 21.2 Å². The SMILES string of the molecule is CC(C)(C)OC(=O)NC(=O)N1C(CS(C)(=O)=O)C1c1ccc(Br)o1. The van der Waals surface area contributed by atoms with E-state index in [9.17, 15) is 18.0 Å². The van der Waals surface area contributed by atoms with Gasteiger partial charge in [-0.1, -0.05) is 0 Å². The molecule has 1 N–H and O–H groups in total. The fourth-order valence-electron chi connectivity index (χ4n) is 2.31. The van der Waals surface area contributed by atoms with Crippen molar-refractivity contribution >= 4 is 37.9 Å². The maximum atomic E-state index is 12.3. The largest absolute Gasteiger partial charge is 0.452 e. The highest BCUT2D eigenvalue weighted by molar-refractivity contribution is 9.10. The lowest BCUT2D eigenvalue weighted by atomic mass is 10.2. The van der Waals surface area contributed by atoms with Crippen LogP contribution < -0.4 is 5.32 Å². The maximum Gasteiger partial charge on any atom is 0.415 e. The zero-order chi connectivity index (χ0) is 18.3. The van der Waals surface area contributed by atoms with Gasteiger partial charge in [0.25, 0.3) is 0 Å². The molecule has 1 aromatic rings. The van der Waals surface area contributed by atoms with Crippen molar-refractivity contribution in [1.29, 1.82) is 0 Å². The van der Waals surface area contributed by atoms with Gasteiger partial charge in [-0.05, 0) is 48.8 Å². The van der Waals surface area contributed by atoms with E-state index in [4.69, 9.17) is 9.15 Å². The minimum atomic E-state index is -3.31. The topological polar surface area (TPSA) is 106 Å². The van der Waals surface area contributed by atoms with Gasteiger partial charge in [0.2, 0.25) is 0 Å². The average molecular weight is 423 g/mol. The van der Waals surface area contributed by atoms with Crippen molar-refractivity contribution in [3.8, 4) is 0 Å².